The van der Waals surface area contributed by atoms with Gasteiger partial charge in [-0.15, -0.1) is 0 Å². The van der Waals surface area contributed by atoms with Crippen molar-refractivity contribution in [3.63, 3.8) is 0 Å². The van der Waals surface area contributed by atoms with Gasteiger partial charge in [0, 0.05) is 44.7 Å². The van der Waals surface area contributed by atoms with Crippen molar-refractivity contribution in [2.45, 2.75) is 50.6 Å². The molecule has 1 saturated carbocycles. The van der Waals surface area contributed by atoms with Gasteiger partial charge in [-0.3, -0.25) is 4.99 Å². The summed E-state index contributed by atoms with van der Waals surface area (Å²) in [6, 6.07) is 16.0. The lowest BCUT2D eigenvalue weighted by atomic mass is 10.1. The molecule has 0 bridgehead atoms. The van der Waals surface area contributed by atoms with Gasteiger partial charge in [0.25, 0.3) is 0 Å². The molecule has 1 aromatic carbocycles. The van der Waals surface area contributed by atoms with E-state index in [9.17, 15) is 0 Å². The second-order valence-corrected chi connectivity index (χ2v) is 7.91. The molecule has 0 spiro atoms. The zero-order valence-electron chi connectivity index (χ0n) is 16.6. The highest BCUT2D eigenvalue weighted by Gasteiger charge is 2.31. The van der Waals surface area contributed by atoms with Crippen LogP contribution in [0.25, 0.3) is 0 Å². The van der Waals surface area contributed by atoms with Crippen molar-refractivity contribution in [2.24, 2.45) is 4.99 Å². The first-order valence-corrected chi connectivity index (χ1v) is 10.7. The maximum Gasteiger partial charge on any atom is 0.191 e. The molecular formula is C23H32N4O. The monoisotopic (exact) mass is 380 g/mol. The smallest absolute Gasteiger partial charge is 0.191 e. The molecule has 4 rings (SSSR count). The highest BCUT2D eigenvalue weighted by Crippen LogP contribution is 2.29. The van der Waals surface area contributed by atoms with E-state index in [1.165, 1.54) is 44.3 Å². The minimum Gasteiger partial charge on any atom is -0.469 e. The Kier molecular flexibility index (Phi) is 6.66. The predicted molar refractivity (Wildman–Crippen MR) is 114 cm³/mol. The van der Waals surface area contributed by atoms with Crippen LogP contribution in [0.2, 0.25) is 0 Å². The number of hydrogen-bond donors (Lipinski definition) is 2. The Bertz CT molecular complexity index is 716. The Hall–Kier alpha value is -2.27. The molecule has 1 aliphatic heterocycles. The molecule has 5 nitrogen and oxygen atoms in total. The van der Waals surface area contributed by atoms with Gasteiger partial charge in [0.05, 0.1) is 6.26 Å². The average Bonchev–Trinajstić information content (AvgIpc) is 3.45. The SMILES string of the molecule is c1ccc(CCNC(=NCCc2ccco2)NC2CCN(C3CC3)CC2)cc1. The summed E-state index contributed by atoms with van der Waals surface area (Å²) in [4.78, 5) is 7.47. The van der Waals surface area contributed by atoms with Crippen LogP contribution < -0.4 is 10.6 Å². The predicted octanol–water partition coefficient (Wildman–Crippen LogP) is 3.23. The van der Waals surface area contributed by atoms with Gasteiger partial charge >= 0.3 is 0 Å². The molecule has 2 N–H and O–H groups in total. The lowest BCUT2D eigenvalue weighted by molar-refractivity contribution is 0.197. The van der Waals surface area contributed by atoms with Gasteiger partial charge in [-0.1, -0.05) is 30.3 Å². The summed E-state index contributed by atoms with van der Waals surface area (Å²) in [5.41, 5.74) is 1.35. The molecular weight excluding hydrogens is 348 g/mol. The molecule has 0 unspecified atom stereocenters. The van der Waals surface area contributed by atoms with Crippen LogP contribution in [0.15, 0.2) is 58.1 Å². The van der Waals surface area contributed by atoms with E-state index in [0.717, 1.165) is 43.7 Å². The molecule has 1 aliphatic carbocycles. The first kappa shape index (κ1) is 19.1. The topological polar surface area (TPSA) is 52.8 Å². The van der Waals surface area contributed by atoms with Crippen LogP contribution in [-0.4, -0.2) is 49.1 Å². The lowest BCUT2D eigenvalue weighted by Gasteiger charge is -2.33. The lowest BCUT2D eigenvalue weighted by Crippen LogP contribution is -2.49. The standard InChI is InChI=1S/C23H32N4O/c1-2-5-19(6-3-1)10-14-24-23(25-15-11-22-7-4-18-28-22)26-20-12-16-27(17-13-20)21-8-9-21/h1-7,18,20-21H,8-17H2,(H2,24,25,26). The summed E-state index contributed by atoms with van der Waals surface area (Å²) < 4.78 is 5.43. The third kappa shape index (κ3) is 5.86. The van der Waals surface area contributed by atoms with Gasteiger partial charge < -0.3 is 20.0 Å². The first-order chi connectivity index (χ1) is 13.9. The van der Waals surface area contributed by atoms with Crippen molar-refractivity contribution >= 4 is 5.96 Å². The van der Waals surface area contributed by atoms with Crippen molar-refractivity contribution in [3.8, 4) is 0 Å². The Morgan fingerprint density at radius 3 is 2.54 bits per heavy atom. The summed E-state index contributed by atoms with van der Waals surface area (Å²) in [6.45, 7) is 4.05. The molecule has 0 radical (unpaired) electrons. The van der Waals surface area contributed by atoms with Gasteiger partial charge in [-0.05, 0) is 49.8 Å². The van der Waals surface area contributed by atoms with E-state index in [1.54, 1.807) is 6.26 Å². The number of nitrogens with zero attached hydrogens (tertiary/aromatic N) is 2. The number of furan rings is 1. The van der Waals surface area contributed by atoms with Crippen LogP contribution in [0.3, 0.4) is 0 Å². The van der Waals surface area contributed by atoms with E-state index < -0.39 is 0 Å². The molecule has 1 saturated heterocycles. The number of hydrogen-bond acceptors (Lipinski definition) is 3. The summed E-state index contributed by atoms with van der Waals surface area (Å²) in [7, 11) is 0. The van der Waals surface area contributed by atoms with Crippen LogP contribution in [0.1, 0.15) is 37.0 Å². The molecule has 2 aliphatic rings. The number of piperidine rings is 1. The van der Waals surface area contributed by atoms with Crippen molar-refractivity contribution in [1.29, 1.82) is 0 Å². The van der Waals surface area contributed by atoms with Crippen LogP contribution in [0, 0.1) is 0 Å². The van der Waals surface area contributed by atoms with E-state index in [0.29, 0.717) is 6.04 Å². The van der Waals surface area contributed by atoms with Gasteiger partial charge in [0.15, 0.2) is 5.96 Å². The molecule has 2 aromatic rings. The molecule has 0 amide bonds. The Morgan fingerprint density at radius 1 is 1.00 bits per heavy atom. The molecule has 150 valence electrons. The Balaban J connectivity index is 1.27. The molecule has 2 heterocycles. The Morgan fingerprint density at radius 2 is 1.82 bits per heavy atom. The van der Waals surface area contributed by atoms with E-state index >= 15 is 0 Å². The second-order valence-electron chi connectivity index (χ2n) is 7.91. The fourth-order valence-electron chi connectivity index (χ4n) is 3.90. The number of aliphatic imine (C=N–C) groups is 1. The minimum absolute atomic E-state index is 0.515. The number of guanidine groups is 1. The normalized spacial score (nSPS) is 18.9. The number of benzene rings is 1. The fraction of sp³-hybridized carbons (Fsp3) is 0.522. The molecule has 1 aromatic heterocycles. The largest absolute Gasteiger partial charge is 0.469 e. The Labute approximate surface area is 168 Å². The number of rotatable bonds is 8. The van der Waals surface area contributed by atoms with E-state index in [2.05, 4.69) is 45.9 Å². The summed E-state index contributed by atoms with van der Waals surface area (Å²) in [5, 5.41) is 7.22. The van der Waals surface area contributed by atoms with Gasteiger partial charge in [-0.2, -0.15) is 0 Å². The maximum atomic E-state index is 5.43. The van der Waals surface area contributed by atoms with Gasteiger partial charge in [0.2, 0.25) is 0 Å². The highest BCUT2D eigenvalue weighted by molar-refractivity contribution is 5.80. The third-order valence-electron chi connectivity index (χ3n) is 5.69. The first-order valence-electron chi connectivity index (χ1n) is 10.7. The summed E-state index contributed by atoms with van der Waals surface area (Å²) in [6.07, 6.45) is 8.77. The van der Waals surface area contributed by atoms with E-state index in [1.807, 2.05) is 12.1 Å². The summed E-state index contributed by atoms with van der Waals surface area (Å²) in [5.74, 6) is 1.93. The zero-order valence-corrected chi connectivity index (χ0v) is 16.6. The van der Waals surface area contributed by atoms with Crippen molar-refractivity contribution in [3.05, 3.63) is 60.1 Å². The molecule has 0 atom stereocenters. The highest BCUT2D eigenvalue weighted by atomic mass is 16.3. The van der Waals surface area contributed by atoms with E-state index in [4.69, 9.17) is 9.41 Å². The fourth-order valence-corrected chi connectivity index (χ4v) is 3.90. The molecule has 28 heavy (non-hydrogen) atoms. The van der Waals surface area contributed by atoms with E-state index in [-0.39, 0.29) is 0 Å². The van der Waals surface area contributed by atoms with Crippen LogP contribution in [0.5, 0.6) is 0 Å². The van der Waals surface area contributed by atoms with Crippen LogP contribution in [-0.2, 0) is 12.8 Å². The van der Waals surface area contributed by atoms with Crippen LogP contribution in [0.4, 0.5) is 0 Å². The maximum absolute atomic E-state index is 5.43. The van der Waals surface area contributed by atoms with Crippen molar-refractivity contribution in [1.82, 2.24) is 15.5 Å². The minimum atomic E-state index is 0.515. The van der Waals surface area contributed by atoms with Gasteiger partial charge in [0.1, 0.15) is 5.76 Å². The van der Waals surface area contributed by atoms with Crippen molar-refractivity contribution in [2.75, 3.05) is 26.2 Å². The quantitative estimate of drug-likeness (QED) is 0.545. The zero-order chi connectivity index (χ0) is 19.0. The second kappa shape index (κ2) is 9.78. The number of nitrogens with one attached hydrogen (secondary N) is 2. The molecule has 5 heteroatoms. The van der Waals surface area contributed by atoms with Gasteiger partial charge in [-0.25, -0.2) is 0 Å². The molecule has 2 fully saturated rings. The third-order valence-corrected chi connectivity index (χ3v) is 5.69. The average molecular weight is 381 g/mol. The van der Waals surface area contributed by atoms with Crippen LogP contribution >= 0.6 is 0 Å². The number of likely N-dealkylation sites (tertiary alicyclic amines) is 1. The summed E-state index contributed by atoms with van der Waals surface area (Å²) >= 11 is 0. The van der Waals surface area contributed by atoms with Crippen molar-refractivity contribution < 1.29 is 4.42 Å².